The summed E-state index contributed by atoms with van der Waals surface area (Å²) in [6.45, 7) is 9.91. The van der Waals surface area contributed by atoms with Crippen LogP contribution in [-0.2, 0) is 5.41 Å². The van der Waals surface area contributed by atoms with Crippen molar-refractivity contribution < 1.29 is 4.74 Å². The van der Waals surface area contributed by atoms with E-state index in [0.717, 1.165) is 18.8 Å². The Balaban J connectivity index is 2.59. The van der Waals surface area contributed by atoms with Crippen LogP contribution < -0.4 is 4.74 Å². The summed E-state index contributed by atoms with van der Waals surface area (Å²) in [5.41, 5.74) is 3.06. The van der Waals surface area contributed by atoms with E-state index in [-0.39, 0.29) is 5.41 Å². The molecule has 0 saturated heterocycles. The molecule has 0 saturated carbocycles. The van der Waals surface area contributed by atoms with Gasteiger partial charge in [0.15, 0.2) is 0 Å². The van der Waals surface area contributed by atoms with E-state index in [9.17, 15) is 0 Å². The van der Waals surface area contributed by atoms with E-state index >= 15 is 0 Å². The molecule has 0 radical (unpaired) electrons. The van der Waals surface area contributed by atoms with Crippen molar-refractivity contribution in [2.24, 2.45) is 5.92 Å². The van der Waals surface area contributed by atoms with Gasteiger partial charge in [-0.3, -0.25) is 0 Å². The second-order valence-electron chi connectivity index (χ2n) is 4.90. The molecular weight excluding hydrogens is 184 g/mol. The van der Waals surface area contributed by atoms with Crippen LogP contribution in [0.25, 0.3) is 0 Å². The normalized spacial score (nSPS) is 24.1. The smallest absolute Gasteiger partial charge is 0.123 e. The van der Waals surface area contributed by atoms with Crippen LogP contribution in [-0.4, -0.2) is 6.61 Å². The van der Waals surface area contributed by atoms with Crippen molar-refractivity contribution in [3.05, 3.63) is 29.3 Å². The fourth-order valence-electron chi connectivity index (χ4n) is 2.82. The summed E-state index contributed by atoms with van der Waals surface area (Å²) in [5.74, 6) is 1.73. The van der Waals surface area contributed by atoms with E-state index < -0.39 is 0 Å². The molecule has 2 rings (SSSR count). The van der Waals surface area contributed by atoms with Crippen molar-refractivity contribution in [1.29, 1.82) is 0 Å². The first-order chi connectivity index (χ1) is 7.12. The molecule has 1 nitrogen and oxygen atoms in total. The standard InChI is InChI=1S/C14H20O/c1-5-14(10(2)3)9-15-12-8-6-7-11(4)13(12)14/h6-8,10H,5,9H2,1-4H3. The van der Waals surface area contributed by atoms with Gasteiger partial charge in [0.05, 0.1) is 6.61 Å². The minimum absolute atomic E-state index is 0.237. The minimum Gasteiger partial charge on any atom is -0.492 e. The Morgan fingerprint density at radius 3 is 2.73 bits per heavy atom. The van der Waals surface area contributed by atoms with Crippen LogP contribution in [0.3, 0.4) is 0 Å². The van der Waals surface area contributed by atoms with Gasteiger partial charge < -0.3 is 4.74 Å². The third kappa shape index (κ3) is 1.37. The van der Waals surface area contributed by atoms with Crippen molar-refractivity contribution in [2.45, 2.75) is 39.5 Å². The van der Waals surface area contributed by atoms with E-state index in [1.807, 2.05) is 0 Å². The molecular formula is C14H20O. The molecule has 15 heavy (non-hydrogen) atoms. The average molecular weight is 204 g/mol. The number of aryl methyl sites for hydroxylation is 1. The molecule has 0 amide bonds. The molecule has 0 spiro atoms. The lowest BCUT2D eigenvalue weighted by molar-refractivity contribution is 0.207. The van der Waals surface area contributed by atoms with Gasteiger partial charge in [0.2, 0.25) is 0 Å². The van der Waals surface area contributed by atoms with Crippen molar-refractivity contribution >= 4 is 0 Å². The number of ether oxygens (including phenoxy) is 1. The summed E-state index contributed by atoms with van der Waals surface area (Å²) >= 11 is 0. The number of hydrogen-bond donors (Lipinski definition) is 0. The van der Waals surface area contributed by atoms with E-state index in [2.05, 4.69) is 45.9 Å². The lowest BCUT2D eigenvalue weighted by Crippen LogP contribution is -2.33. The Kier molecular flexibility index (Phi) is 2.49. The van der Waals surface area contributed by atoms with Gasteiger partial charge in [-0.15, -0.1) is 0 Å². The Bertz CT molecular complexity index is 368. The molecule has 0 aliphatic carbocycles. The summed E-state index contributed by atoms with van der Waals surface area (Å²) in [6.07, 6.45) is 1.16. The predicted octanol–water partition coefficient (Wildman–Crippen LogP) is 3.69. The molecule has 1 aromatic rings. The van der Waals surface area contributed by atoms with Crippen LogP contribution in [0.2, 0.25) is 0 Å². The van der Waals surface area contributed by atoms with Crippen LogP contribution in [0.4, 0.5) is 0 Å². The van der Waals surface area contributed by atoms with Crippen molar-refractivity contribution in [2.75, 3.05) is 6.61 Å². The second-order valence-corrected chi connectivity index (χ2v) is 4.90. The number of hydrogen-bond acceptors (Lipinski definition) is 1. The fraction of sp³-hybridized carbons (Fsp3) is 0.571. The molecule has 0 N–H and O–H groups in total. The summed E-state index contributed by atoms with van der Waals surface area (Å²) in [5, 5.41) is 0. The highest BCUT2D eigenvalue weighted by Gasteiger charge is 2.42. The zero-order valence-electron chi connectivity index (χ0n) is 10.1. The van der Waals surface area contributed by atoms with Gasteiger partial charge in [-0.25, -0.2) is 0 Å². The topological polar surface area (TPSA) is 9.23 Å². The van der Waals surface area contributed by atoms with Gasteiger partial charge in [0.1, 0.15) is 5.75 Å². The largest absolute Gasteiger partial charge is 0.492 e. The Morgan fingerprint density at radius 2 is 2.13 bits per heavy atom. The lowest BCUT2D eigenvalue weighted by Gasteiger charge is -2.32. The Labute approximate surface area is 92.5 Å². The van der Waals surface area contributed by atoms with E-state index in [0.29, 0.717) is 5.92 Å². The molecule has 1 atom stereocenters. The van der Waals surface area contributed by atoms with Crippen LogP contribution >= 0.6 is 0 Å². The number of benzene rings is 1. The van der Waals surface area contributed by atoms with E-state index in [1.54, 1.807) is 0 Å². The zero-order valence-corrected chi connectivity index (χ0v) is 10.1. The van der Waals surface area contributed by atoms with Crippen LogP contribution in [0.1, 0.15) is 38.3 Å². The summed E-state index contributed by atoms with van der Waals surface area (Å²) in [6, 6.07) is 6.38. The molecule has 0 fully saturated rings. The maximum atomic E-state index is 5.85. The molecule has 1 aliphatic rings. The van der Waals surface area contributed by atoms with Crippen LogP contribution in [0.15, 0.2) is 18.2 Å². The second kappa shape index (κ2) is 3.55. The van der Waals surface area contributed by atoms with Crippen LogP contribution in [0, 0.1) is 12.8 Å². The summed E-state index contributed by atoms with van der Waals surface area (Å²) < 4.78 is 5.85. The third-order valence-corrected chi connectivity index (χ3v) is 3.95. The Hall–Kier alpha value is -0.980. The van der Waals surface area contributed by atoms with Crippen LogP contribution in [0.5, 0.6) is 5.75 Å². The first-order valence-corrected chi connectivity index (χ1v) is 5.84. The maximum absolute atomic E-state index is 5.85. The van der Waals surface area contributed by atoms with Crippen molar-refractivity contribution in [3.63, 3.8) is 0 Å². The lowest BCUT2D eigenvalue weighted by atomic mass is 9.70. The average Bonchev–Trinajstić information content (AvgIpc) is 2.59. The van der Waals surface area contributed by atoms with Gasteiger partial charge in [-0.05, 0) is 30.9 Å². The highest BCUT2D eigenvalue weighted by atomic mass is 16.5. The minimum atomic E-state index is 0.237. The molecule has 0 aromatic heterocycles. The van der Waals surface area contributed by atoms with Gasteiger partial charge in [0, 0.05) is 11.0 Å². The summed E-state index contributed by atoms with van der Waals surface area (Å²) in [4.78, 5) is 0. The SMILES string of the molecule is CCC1(C(C)C)COc2cccc(C)c21. The molecule has 1 aliphatic heterocycles. The first kappa shape index (κ1) is 10.5. The monoisotopic (exact) mass is 204 g/mol. The number of fused-ring (bicyclic) bond motifs is 1. The number of rotatable bonds is 2. The third-order valence-electron chi connectivity index (χ3n) is 3.95. The van der Waals surface area contributed by atoms with Gasteiger partial charge in [-0.1, -0.05) is 32.9 Å². The zero-order chi connectivity index (χ0) is 11.1. The van der Waals surface area contributed by atoms with E-state index in [1.165, 1.54) is 11.1 Å². The molecule has 1 heterocycles. The molecule has 1 aromatic carbocycles. The quantitative estimate of drug-likeness (QED) is 0.714. The Morgan fingerprint density at radius 1 is 1.40 bits per heavy atom. The molecule has 1 heteroatoms. The van der Waals surface area contributed by atoms with Gasteiger partial charge in [0.25, 0.3) is 0 Å². The maximum Gasteiger partial charge on any atom is 0.123 e. The van der Waals surface area contributed by atoms with Gasteiger partial charge in [-0.2, -0.15) is 0 Å². The molecule has 0 bridgehead atoms. The van der Waals surface area contributed by atoms with Crippen molar-refractivity contribution in [3.8, 4) is 5.75 Å². The first-order valence-electron chi connectivity index (χ1n) is 5.84. The van der Waals surface area contributed by atoms with Gasteiger partial charge >= 0.3 is 0 Å². The molecule has 82 valence electrons. The highest BCUT2D eigenvalue weighted by Crippen LogP contribution is 2.47. The highest BCUT2D eigenvalue weighted by molar-refractivity contribution is 5.48. The molecule has 1 unspecified atom stereocenters. The van der Waals surface area contributed by atoms with Crippen molar-refractivity contribution in [1.82, 2.24) is 0 Å². The fourth-order valence-corrected chi connectivity index (χ4v) is 2.82. The summed E-state index contributed by atoms with van der Waals surface area (Å²) in [7, 11) is 0. The van der Waals surface area contributed by atoms with E-state index in [4.69, 9.17) is 4.74 Å². The predicted molar refractivity (Wildman–Crippen MR) is 63.5 cm³/mol.